The van der Waals surface area contributed by atoms with Gasteiger partial charge in [-0.1, -0.05) is 23.7 Å². The van der Waals surface area contributed by atoms with Gasteiger partial charge in [0.05, 0.1) is 12.1 Å². The zero-order valence-corrected chi connectivity index (χ0v) is 15.0. The first-order chi connectivity index (χ1) is 13.0. The summed E-state index contributed by atoms with van der Waals surface area (Å²) in [5, 5.41) is 16.4. The Labute approximate surface area is 159 Å². The molecule has 1 heterocycles. The van der Waals surface area contributed by atoms with Gasteiger partial charge in [-0.05, 0) is 29.8 Å². The van der Waals surface area contributed by atoms with Crippen LogP contribution >= 0.6 is 11.6 Å². The molecule has 0 atom stereocenters. The van der Waals surface area contributed by atoms with Gasteiger partial charge in [0, 0.05) is 23.2 Å². The molecule has 8 nitrogen and oxygen atoms in total. The first-order valence-electron chi connectivity index (χ1n) is 7.94. The second-order valence-corrected chi connectivity index (χ2v) is 6.03. The summed E-state index contributed by atoms with van der Waals surface area (Å²) in [6.07, 6.45) is -0.251. The Balaban J connectivity index is 2.14. The fourth-order valence-electron chi connectivity index (χ4n) is 2.56. The Morgan fingerprint density at radius 1 is 1.19 bits per heavy atom. The molecule has 9 heteroatoms. The Morgan fingerprint density at radius 2 is 1.85 bits per heavy atom. The summed E-state index contributed by atoms with van der Waals surface area (Å²) in [5.74, 6) is -0.0738. The van der Waals surface area contributed by atoms with Gasteiger partial charge in [-0.15, -0.1) is 0 Å². The highest BCUT2D eigenvalue weighted by Gasteiger charge is 2.22. The number of hydrogen-bond donors (Lipinski definition) is 3. The first-order valence-corrected chi connectivity index (χ1v) is 8.31. The molecule has 2 aromatic carbocycles. The van der Waals surface area contributed by atoms with Gasteiger partial charge in [-0.2, -0.15) is 5.10 Å². The molecule has 0 radical (unpaired) electrons. The van der Waals surface area contributed by atoms with E-state index in [9.17, 15) is 14.7 Å². The number of urea groups is 1. The molecular weight excluding hydrogens is 374 g/mol. The Kier molecular flexibility index (Phi) is 5.46. The van der Waals surface area contributed by atoms with Crippen molar-refractivity contribution in [3.8, 4) is 11.5 Å². The Hall–Kier alpha value is -3.26. The van der Waals surface area contributed by atoms with Crippen LogP contribution < -0.4 is 20.2 Å². The lowest BCUT2D eigenvalue weighted by Crippen LogP contribution is -2.30. The number of benzene rings is 2. The summed E-state index contributed by atoms with van der Waals surface area (Å²) in [6.45, 7) is 0.0508. The van der Waals surface area contributed by atoms with Gasteiger partial charge in [-0.25, -0.2) is 10.2 Å². The van der Waals surface area contributed by atoms with E-state index in [1.807, 2.05) is 0 Å². The number of carbonyl (C=O) groups is 2. The Bertz CT molecular complexity index is 912. The van der Waals surface area contributed by atoms with Gasteiger partial charge in [0.15, 0.2) is 11.5 Å². The molecule has 2 aromatic rings. The van der Waals surface area contributed by atoms with E-state index in [1.165, 1.54) is 7.05 Å². The minimum Gasteiger partial charge on any atom is -0.481 e. The van der Waals surface area contributed by atoms with Gasteiger partial charge < -0.3 is 19.9 Å². The van der Waals surface area contributed by atoms with Crippen LogP contribution in [0.25, 0.3) is 0 Å². The number of aliphatic carboxylic acids is 1. The molecule has 1 aliphatic rings. The smallest absolute Gasteiger partial charge is 0.334 e. The minimum atomic E-state index is -1.01. The lowest BCUT2D eigenvalue weighted by atomic mass is 9.95. The van der Waals surface area contributed by atoms with Crippen molar-refractivity contribution in [3.63, 3.8) is 0 Å². The number of fused-ring (bicyclic) bond motifs is 1. The third-order valence-electron chi connectivity index (χ3n) is 3.81. The van der Waals surface area contributed by atoms with Gasteiger partial charge in [-0.3, -0.25) is 4.79 Å². The highest BCUT2D eigenvalue weighted by molar-refractivity contribution is 6.30. The maximum Gasteiger partial charge on any atom is 0.334 e. The van der Waals surface area contributed by atoms with Crippen molar-refractivity contribution in [2.45, 2.75) is 6.42 Å². The normalized spacial score (nSPS) is 12.6. The van der Waals surface area contributed by atoms with Crippen molar-refractivity contribution in [1.29, 1.82) is 0 Å². The van der Waals surface area contributed by atoms with Crippen molar-refractivity contribution in [1.82, 2.24) is 10.7 Å². The third kappa shape index (κ3) is 4.29. The molecule has 1 aliphatic heterocycles. The van der Waals surface area contributed by atoms with Crippen molar-refractivity contribution >= 4 is 29.3 Å². The molecule has 0 aromatic heterocycles. The van der Waals surface area contributed by atoms with E-state index in [4.69, 9.17) is 21.1 Å². The molecule has 0 aliphatic carbocycles. The van der Waals surface area contributed by atoms with E-state index < -0.39 is 12.0 Å². The van der Waals surface area contributed by atoms with E-state index in [0.717, 1.165) is 0 Å². The number of hydrogen-bond acceptors (Lipinski definition) is 5. The van der Waals surface area contributed by atoms with E-state index in [0.29, 0.717) is 38.9 Å². The molecule has 0 bridgehead atoms. The maximum atomic E-state index is 11.6. The molecule has 2 amide bonds. The number of amides is 2. The number of carbonyl (C=O) groups excluding carboxylic acids is 1. The number of halogens is 1. The van der Waals surface area contributed by atoms with Crippen LogP contribution in [-0.4, -0.2) is 36.7 Å². The monoisotopic (exact) mass is 389 g/mol. The SMILES string of the molecule is CNC(=O)N/N=C(/c1ccc(Cl)cc1)c1cc2c(cc1CC(=O)O)OCO2. The molecule has 0 spiro atoms. The van der Waals surface area contributed by atoms with Gasteiger partial charge >= 0.3 is 12.0 Å². The number of nitrogens with zero attached hydrogens (tertiary/aromatic N) is 1. The molecular formula is C18H16ClN3O5. The van der Waals surface area contributed by atoms with Crippen LogP contribution in [0.15, 0.2) is 41.5 Å². The van der Waals surface area contributed by atoms with Crippen LogP contribution in [0.3, 0.4) is 0 Å². The molecule has 0 fully saturated rings. The lowest BCUT2D eigenvalue weighted by Gasteiger charge is -2.13. The number of ether oxygens (including phenoxy) is 2. The van der Waals surface area contributed by atoms with Gasteiger partial charge in [0.2, 0.25) is 6.79 Å². The topological polar surface area (TPSA) is 109 Å². The second kappa shape index (κ2) is 7.96. The average Bonchev–Trinajstić information content (AvgIpc) is 3.09. The van der Waals surface area contributed by atoms with Crippen molar-refractivity contribution in [2.24, 2.45) is 5.10 Å². The summed E-state index contributed by atoms with van der Waals surface area (Å²) in [5.41, 5.74) is 4.36. The summed E-state index contributed by atoms with van der Waals surface area (Å²) in [7, 11) is 1.46. The summed E-state index contributed by atoms with van der Waals surface area (Å²) >= 11 is 5.96. The average molecular weight is 390 g/mol. The van der Waals surface area contributed by atoms with Crippen LogP contribution in [0.1, 0.15) is 16.7 Å². The van der Waals surface area contributed by atoms with E-state index >= 15 is 0 Å². The Morgan fingerprint density at radius 3 is 2.48 bits per heavy atom. The molecule has 140 valence electrons. The lowest BCUT2D eigenvalue weighted by molar-refractivity contribution is -0.136. The molecule has 0 saturated carbocycles. The molecule has 3 N–H and O–H groups in total. The van der Waals surface area contributed by atoms with Gasteiger partial charge in [0.25, 0.3) is 0 Å². The van der Waals surface area contributed by atoms with Crippen LogP contribution in [-0.2, 0) is 11.2 Å². The van der Waals surface area contributed by atoms with Crippen molar-refractivity contribution < 1.29 is 24.2 Å². The van der Waals surface area contributed by atoms with Gasteiger partial charge in [0.1, 0.15) is 0 Å². The highest BCUT2D eigenvalue weighted by Crippen LogP contribution is 2.36. The number of carboxylic acid groups (broad SMARTS) is 1. The fraction of sp³-hybridized carbons (Fsp3) is 0.167. The number of carboxylic acids is 1. The zero-order chi connectivity index (χ0) is 19.4. The quantitative estimate of drug-likeness (QED) is 0.537. The third-order valence-corrected chi connectivity index (χ3v) is 4.06. The maximum absolute atomic E-state index is 11.6. The molecule has 0 saturated heterocycles. The van der Waals surface area contributed by atoms with Crippen molar-refractivity contribution in [2.75, 3.05) is 13.8 Å². The number of rotatable bonds is 5. The van der Waals surface area contributed by atoms with Crippen LogP contribution in [0.4, 0.5) is 4.79 Å². The van der Waals surface area contributed by atoms with Crippen LogP contribution in [0.5, 0.6) is 11.5 Å². The first kappa shape index (κ1) is 18.5. The second-order valence-electron chi connectivity index (χ2n) is 5.59. The summed E-state index contributed by atoms with van der Waals surface area (Å²) in [6, 6.07) is 9.55. The van der Waals surface area contributed by atoms with Crippen LogP contribution in [0, 0.1) is 0 Å². The van der Waals surface area contributed by atoms with E-state index in [1.54, 1.807) is 36.4 Å². The van der Waals surface area contributed by atoms with E-state index in [-0.39, 0.29) is 13.2 Å². The van der Waals surface area contributed by atoms with E-state index in [2.05, 4.69) is 15.8 Å². The summed E-state index contributed by atoms with van der Waals surface area (Å²) in [4.78, 5) is 22.9. The number of nitrogens with one attached hydrogen (secondary N) is 2. The molecule has 3 rings (SSSR count). The zero-order valence-electron chi connectivity index (χ0n) is 14.3. The standard InChI is InChI=1S/C18H16ClN3O5/c1-20-18(25)22-21-17(10-2-4-12(19)5-3-10)13-8-15-14(26-9-27-15)6-11(13)7-16(23)24/h2-6,8H,7,9H2,1H3,(H,23,24)(H2,20,22,25)/b21-17-. The predicted molar refractivity (Wildman–Crippen MR) is 98.6 cm³/mol. The van der Waals surface area contributed by atoms with Crippen molar-refractivity contribution in [3.05, 3.63) is 58.1 Å². The molecule has 27 heavy (non-hydrogen) atoms. The minimum absolute atomic E-state index is 0.0508. The highest BCUT2D eigenvalue weighted by atomic mass is 35.5. The fourth-order valence-corrected chi connectivity index (χ4v) is 2.69. The summed E-state index contributed by atoms with van der Waals surface area (Å²) < 4.78 is 10.7. The molecule has 0 unspecified atom stereocenters. The number of hydrazone groups is 1. The predicted octanol–water partition coefficient (Wildman–Crippen LogP) is 2.38. The largest absolute Gasteiger partial charge is 0.481 e. The van der Waals surface area contributed by atoms with Crippen LogP contribution in [0.2, 0.25) is 5.02 Å².